The molecule has 1 saturated carbocycles. The Balaban J connectivity index is 1.69. The van der Waals surface area contributed by atoms with Crippen molar-refractivity contribution in [1.82, 2.24) is 0 Å². The molecule has 1 heterocycles. The van der Waals surface area contributed by atoms with E-state index in [0.29, 0.717) is 24.9 Å². The van der Waals surface area contributed by atoms with E-state index in [1.807, 2.05) is 19.1 Å². The van der Waals surface area contributed by atoms with Crippen LogP contribution in [0.15, 0.2) is 16.5 Å². The van der Waals surface area contributed by atoms with E-state index in [0.717, 1.165) is 25.0 Å². The summed E-state index contributed by atoms with van der Waals surface area (Å²) < 4.78 is 11.6. The molecule has 3 N–H and O–H groups in total. The Morgan fingerprint density at radius 1 is 1.33 bits per heavy atom. The van der Waals surface area contributed by atoms with Crippen molar-refractivity contribution in [1.29, 1.82) is 0 Å². The Hall–Kier alpha value is -1.28. The number of furan rings is 1. The largest absolute Gasteiger partial charge is 0.453 e. The molecule has 4 nitrogen and oxygen atoms in total. The lowest BCUT2D eigenvalue weighted by molar-refractivity contribution is 0.0320. The summed E-state index contributed by atoms with van der Waals surface area (Å²) in [6.45, 7) is 2.69. The molecule has 134 valence electrons. The maximum Gasteiger partial charge on any atom is 0.177 e. The lowest BCUT2D eigenvalue weighted by Crippen LogP contribution is -2.43. The van der Waals surface area contributed by atoms with E-state index in [9.17, 15) is 5.11 Å². The van der Waals surface area contributed by atoms with Crippen LogP contribution >= 0.6 is 0 Å². The highest BCUT2D eigenvalue weighted by atomic mass is 16.5. The van der Waals surface area contributed by atoms with Gasteiger partial charge in [-0.2, -0.15) is 0 Å². The second kappa shape index (κ2) is 9.88. The van der Waals surface area contributed by atoms with E-state index in [2.05, 4.69) is 11.8 Å². The van der Waals surface area contributed by atoms with E-state index >= 15 is 0 Å². The predicted octanol–water partition coefficient (Wildman–Crippen LogP) is 3.40. The second-order valence-corrected chi connectivity index (χ2v) is 6.82. The minimum Gasteiger partial charge on any atom is -0.453 e. The van der Waals surface area contributed by atoms with Gasteiger partial charge in [0, 0.05) is 18.4 Å². The summed E-state index contributed by atoms with van der Waals surface area (Å²) in [5, 5.41) is 9.34. The van der Waals surface area contributed by atoms with Crippen LogP contribution in [0.1, 0.15) is 69.8 Å². The summed E-state index contributed by atoms with van der Waals surface area (Å²) in [7, 11) is 0. The Labute approximate surface area is 145 Å². The molecule has 1 atom stereocenters. The predicted molar refractivity (Wildman–Crippen MR) is 95.6 cm³/mol. The molecule has 0 saturated heterocycles. The van der Waals surface area contributed by atoms with Crippen molar-refractivity contribution in [2.24, 2.45) is 5.73 Å². The van der Waals surface area contributed by atoms with Crippen LogP contribution < -0.4 is 5.73 Å². The summed E-state index contributed by atoms with van der Waals surface area (Å²) in [5.41, 5.74) is 5.57. The van der Waals surface area contributed by atoms with Crippen molar-refractivity contribution >= 4 is 0 Å². The number of aliphatic hydroxyl groups excluding tert-OH is 1. The van der Waals surface area contributed by atoms with Crippen LogP contribution in [0.4, 0.5) is 0 Å². The van der Waals surface area contributed by atoms with Gasteiger partial charge in [-0.25, -0.2) is 0 Å². The van der Waals surface area contributed by atoms with Gasteiger partial charge in [0.2, 0.25) is 0 Å². The first-order chi connectivity index (χ1) is 11.6. The Morgan fingerprint density at radius 2 is 2.12 bits per heavy atom. The zero-order chi connectivity index (χ0) is 17.3. The van der Waals surface area contributed by atoms with Crippen LogP contribution in [0.2, 0.25) is 0 Å². The van der Waals surface area contributed by atoms with Crippen molar-refractivity contribution in [3.8, 4) is 11.8 Å². The molecule has 0 bridgehead atoms. The van der Waals surface area contributed by atoms with E-state index in [4.69, 9.17) is 14.9 Å². The highest BCUT2D eigenvalue weighted by molar-refractivity contribution is 5.26. The van der Waals surface area contributed by atoms with Crippen LogP contribution in [-0.4, -0.2) is 30.0 Å². The molecule has 1 unspecified atom stereocenters. The van der Waals surface area contributed by atoms with Crippen LogP contribution in [0.5, 0.6) is 0 Å². The Kier molecular flexibility index (Phi) is 7.84. The highest BCUT2D eigenvalue weighted by Crippen LogP contribution is 2.20. The molecule has 0 aliphatic heterocycles. The quantitative estimate of drug-likeness (QED) is 0.565. The van der Waals surface area contributed by atoms with Crippen LogP contribution in [-0.2, 0) is 11.2 Å². The van der Waals surface area contributed by atoms with Gasteiger partial charge in [-0.1, -0.05) is 32.1 Å². The van der Waals surface area contributed by atoms with Crippen molar-refractivity contribution in [2.75, 3.05) is 13.2 Å². The first kappa shape index (κ1) is 19.1. The van der Waals surface area contributed by atoms with Crippen LogP contribution in [0, 0.1) is 11.8 Å². The minimum absolute atomic E-state index is 0.00212. The molecular weight excluding hydrogens is 302 g/mol. The maximum atomic E-state index is 9.34. The summed E-state index contributed by atoms with van der Waals surface area (Å²) in [5.74, 6) is 7.72. The molecule has 0 aromatic carbocycles. The Morgan fingerprint density at radius 3 is 2.83 bits per heavy atom. The number of ether oxygens (including phenoxy) is 1. The van der Waals surface area contributed by atoms with Gasteiger partial charge in [0.1, 0.15) is 5.76 Å². The van der Waals surface area contributed by atoms with Crippen molar-refractivity contribution < 1.29 is 14.3 Å². The smallest absolute Gasteiger partial charge is 0.177 e. The number of hydrogen-bond acceptors (Lipinski definition) is 4. The molecular formula is C20H31NO3. The first-order valence-corrected chi connectivity index (χ1v) is 9.24. The van der Waals surface area contributed by atoms with E-state index < -0.39 is 5.54 Å². The average molecular weight is 333 g/mol. The second-order valence-electron chi connectivity index (χ2n) is 6.82. The molecule has 2 rings (SSSR count). The summed E-state index contributed by atoms with van der Waals surface area (Å²) in [6, 6.07) is 3.84. The molecule has 1 fully saturated rings. The summed E-state index contributed by atoms with van der Waals surface area (Å²) >= 11 is 0. The van der Waals surface area contributed by atoms with Crippen LogP contribution in [0.25, 0.3) is 0 Å². The van der Waals surface area contributed by atoms with Gasteiger partial charge in [-0.15, -0.1) is 0 Å². The molecule has 1 aromatic heterocycles. The standard InChI is InChI=1S/C20H31NO3/c1-2-20(21,16-22)14-13-19-12-11-18(24-19)10-6-7-15-23-17-8-4-3-5-9-17/h11-12,17,22H,2-5,7-9,13-16,21H2,1H3. The third-order valence-corrected chi connectivity index (χ3v) is 4.89. The van der Waals surface area contributed by atoms with E-state index in [-0.39, 0.29) is 6.61 Å². The molecule has 1 aliphatic carbocycles. The monoisotopic (exact) mass is 333 g/mol. The van der Waals surface area contributed by atoms with Crippen molar-refractivity contribution in [3.63, 3.8) is 0 Å². The van der Waals surface area contributed by atoms with Gasteiger partial charge in [-0.05, 0) is 43.7 Å². The minimum atomic E-state index is -0.519. The van der Waals surface area contributed by atoms with Gasteiger partial charge >= 0.3 is 0 Å². The average Bonchev–Trinajstić information content (AvgIpc) is 3.08. The molecule has 24 heavy (non-hydrogen) atoms. The first-order valence-electron chi connectivity index (χ1n) is 9.24. The topological polar surface area (TPSA) is 68.6 Å². The van der Waals surface area contributed by atoms with E-state index in [1.54, 1.807) is 0 Å². The Bertz CT molecular complexity index is 531. The SMILES string of the molecule is CCC(N)(CO)CCc1ccc(C#CCCOC2CCCCC2)o1. The fourth-order valence-corrected chi connectivity index (χ4v) is 2.98. The fourth-order valence-electron chi connectivity index (χ4n) is 2.98. The molecule has 1 aromatic rings. The fraction of sp³-hybridized carbons (Fsp3) is 0.700. The van der Waals surface area contributed by atoms with Gasteiger partial charge in [0.15, 0.2) is 5.76 Å². The van der Waals surface area contributed by atoms with Gasteiger partial charge in [0.25, 0.3) is 0 Å². The third-order valence-electron chi connectivity index (χ3n) is 4.89. The summed E-state index contributed by atoms with van der Waals surface area (Å²) in [4.78, 5) is 0. The van der Waals surface area contributed by atoms with Crippen molar-refractivity contribution in [2.45, 2.75) is 76.4 Å². The number of nitrogens with two attached hydrogens (primary N) is 1. The molecule has 1 aliphatic rings. The van der Waals surface area contributed by atoms with E-state index in [1.165, 1.54) is 32.1 Å². The number of rotatable bonds is 8. The highest BCUT2D eigenvalue weighted by Gasteiger charge is 2.21. The lowest BCUT2D eigenvalue weighted by atomic mass is 9.92. The van der Waals surface area contributed by atoms with Gasteiger partial charge in [0.05, 0.1) is 19.3 Å². The zero-order valence-electron chi connectivity index (χ0n) is 14.9. The van der Waals surface area contributed by atoms with Crippen LogP contribution in [0.3, 0.4) is 0 Å². The molecule has 0 amide bonds. The normalized spacial score (nSPS) is 18.0. The molecule has 0 spiro atoms. The third kappa shape index (κ3) is 6.32. The van der Waals surface area contributed by atoms with Gasteiger partial charge in [-0.3, -0.25) is 0 Å². The number of aliphatic hydroxyl groups is 1. The molecule has 4 heteroatoms. The maximum absolute atomic E-state index is 9.34. The summed E-state index contributed by atoms with van der Waals surface area (Å²) in [6.07, 6.45) is 9.68. The number of hydrogen-bond donors (Lipinski definition) is 2. The molecule has 0 radical (unpaired) electrons. The zero-order valence-corrected chi connectivity index (χ0v) is 14.9. The van der Waals surface area contributed by atoms with Gasteiger partial charge < -0.3 is 20.0 Å². The number of aryl methyl sites for hydroxylation is 1. The lowest BCUT2D eigenvalue weighted by Gasteiger charge is -2.24. The van der Waals surface area contributed by atoms with Crippen molar-refractivity contribution in [3.05, 3.63) is 23.7 Å².